The lowest BCUT2D eigenvalue weighted by Gasteiger charge is -2.35. The van der Waals surface area contributed by atoms with Gasteiger partial charge in [0, 0.05) is 29.4 Å². The molecule has 1 spiro atoms. The van der Waals surface area contributed by atoms with Crippen LogP contribution in [-0.4, -0.2) is 40.1 Å². The number of hydrogen-bond donors (Lipinski definition) is 0. The molecule has 0 saturated heterocycles. The van der Waals surface area contributed by atoms with Crippen LogP contribution >= 0.6 is 0 Å². The maximum atomic E-state index is 13.2. The number of aromatic nitrogens is 1. The highest BCUT2D eigenvalue weighted by atomic mass is 19.1. The third kappa shape index (κ3) is 2.84. The van der Waals surface area contributed by atoms with Gasteiger partial charge in [0.2, 0.25) is 0 Å². The van der Waals surface area contributed by atoms with E-state index in [1.54, 1.807) is 18.5 Å². The lowest BCUT2D eigenvalue weighted by atomic mass is 9.75. The van der Waals surface area contributed by atoms with Gasteiger partial charge in [0.1, 0.15) is 17.3 Å². The zero-order valence-electron chi connectivity index (χ0n) is 16.8. The quantitative estimate of drug-likeness (QED) is 0.684. The van der Waals surface area contributed by atoms with Gasteiger partial charge >= 0.3 is 11.9 Å². The van der Waals surface area contributed by atoms with Gasteiger partial charge in [0.05, 0.1) is 5.56 Å². The molecule has 1 aromatic heterocycles. The number of fused-ring (bicyclic) bond motifs is 3. The number of amidine groups is 3. The van der Waals surface area contributed by atoms with Gasteiger partial charge in [-0.2, -0.15) is 4.99 Å². The Morgan fingerprint density at radius 1 is 0.938 bits per heavy atom. The van der Waals surface area contributed by atoms with E-state index in [1.165, 1.54) is 24.3 Å². The number of benzene rings is 1. The van der Waals surface area contributed by atoms with E-state index in [-0.39, 0.29) is 35.1 Å². The lowest BCUT2D eigenvalue weighted by molar-refractivity contribution is -0.111. The Bertz CT molecular complexity index is 1300. The van der Waals surface area contributed by atoms with Crippen molar-refractivity contribution in [2.75, 3.05) is 0 Å². The van der Waals surface area contributed by atoms with E-state index in [0.29, 0.717) is 42.6 Å². The van der Waals surface area contributed by atoms with Crippen LogP contribution in [0.4, 0.5) is 4.39 Å². The number of ether oxygens (including phenoxy) is 1. The van der Waals surface area contributed by atoms with Crippen LogP contribution in [0.25, 0.3) is 0 Å². The molecule has 6 rings (SSSR count). The Morgan fingerprint density at radius 2 is 1.72 bits per heavy atom. The summed E-state index contributed by atoms with van der Waals surface area (Å²) in [6, 6.07) is 7.30. The van der Waals surface area contributed by atoms with Gasteiger partial charge in [0.25, 0.3) is 0 Å². The predicted octanol–water partition coefficient (Wildman–Crippen LogP) is 3.02. The van der Waals surface area contributed by atoms with Crippen LogP contribution in [0.5, 0.6) is 0 Å². The lowest BCUT2D eigenvalue weighted by Crippen LogP contribution is -2.34. The zero-order valence-corrected chi connectivity index (χ0v) is 16.8. The summed E-state index contributed by atoms with van der Waals surface area (Å²) < 4.78 is 19.0. The summed E-state index contributed by atoms with van der Waals surface area (Å²) in [6.07, 6.45) is 5.96. The first-order valence-corrected chi connectivity index (χ1v) is 10.4. The van der Waals surface area contributed by atoms with Crippen LogP contribution in [0.3, 0.4) is 0 Å². The Kier molecular flexibility index (Phi) is 4.01. The molecule has 0 unspecified atom stereocenters. The van der Waals surface area contributed by atoms with Crippen molar-refractivity contribution in [3.05, 3.63) is 65.2 Å². The first-order valence-electron chi connectivity index (χ1n) is 10.4. The molecule has 1 amide bonds. The van der Waals surface area contributed by atoms with Crippen molar-refractivity contribution in [1.29, 1.82) is 0 Å². The molecule has 158 valence electrons. The van der Waals surface area contributed by atoms with E-state index in [1.807, 2.05) is 0 Å². The van der Waals surface area contributed by atoms with E-state index >= 15 is 0 Å². The van der Waals surface area contributed by atoms with Crippen molar-refractivity contribution in [2.24, 2.45) is 25.9 Å². The number of amides is 1. The summed E-state index contributed by atoms with van der Waals surface area (Å²) in [5.41, 5.74) is 1.43. The van der Waals surface area contributed by atoms with Crippen molar-refractivity contribution >= 4 is 35.1 Å². The summed E-state index contributed by atoms with van der Waals surface area (Å²) >= 11 is 0. The van der Waals surface area contributed by atoms with Crippen molar-refractivity contribution in [3.63, 3.8) is 0 Å². The average molecular weight is 429 g/mol. The van der Waals surface area contributed by atoms with Crippen molar-refractivity contribution in [3.8, 4) is 0 Å². The summed E-state index contributed by atoms with van der Waals surface area (Å²) in [5.74, 6) is -0.203. The van der Waals surface area contributed by atoms with E-state index in [4.69, 9.17) is 4.74 Å². The second-order valence-electron chi connectivity index (χ2n) is 8.19. The number of pyridine rings is 1. The molecule has 1 aromatic carbocycles. The molecule has 8 nitrogen and oxygen atoms in total. The number of rotatable bonds is 2. The fourth-order valence-electron chi connectivity index (χ4n) is 4.69. The second kappa shape index (κ2) is 6.81. The highest BCUT2D eigenvalue weighted by Crippen LogP contribution is 2.48. The second-order valence-corrected chi connectivity index (χ2v) is 8.19. The van der Waals surface area contributed by atoms with Gasteiger partial charge < -0.3 is 4.74 Å². The fourth-order valence-corrected chi connectivity index (χ4v) is 4.69. The topological polar surface area (TPSA) is 106 Å². The van der Waals surface area contributed by atoms with Gasteiger partial charge in [-0.3, -0.25) is 9.78 Å². The van der Waals surface area contributed by atoms with Crippen LogP contribution in [0.15, 0.2) is 62.7 Å². The molecule has 9 heteroatoms. The van der Waals surface area contributed by atoms with Gasteiger partial charge in [-0.25, -0.2) is 24.2 Å². The standard InChI is InChI=1S/C23H16FN5O3/c24-14-3-1-12(2-4-14)19-28-20-17(21(30)29-19)26-18(27-20)13-5-8-23(9-6-13)16-11-25-10-7-15(16)22(31)32-23/h1-4,7,10-11,13H,5-6,8-9H2/t13-,23-. The number of carbonyl (C=O) groups is 2. The van der Waals surface area contributed by atoms with Crippen molar-refractivity contribution < 1.29 is 18.7 Å². The Morgan fingerprint density at radius 3 is 2.50 bits per heavy atom. The highest BCUT2D eigenvalue weighted by molar-refractivity contribution is 6.72. The zero-order chi connectivity index (χ0) is 21.9. The third-order valence-electron chi connectivity index (χ3n) is 6.36. The summed E-state index contributed by atoms with van der Waals surface area (Å²) in [5, 5.41) is 0. The third-order valence-corrected chi connectivity index (χ3v) is 6.36. The maximum Gasteiger partial charge on any atom is 0.339 e. The molecule has 0 N–H and O–H groups in total. The molecule has 2 aromatic rings. The summed E-state index contributed by atoms with van der Waals surface area (Å²) in [4.78, 5) is 46.3. The number of carbonyl (C=O) groups excluding carboxylic acids is 2. The largest absolute Gasteiger partial charge is 0.450 e. The molecule has 4 heterocycles. The molecule has 1 saturated carbocycles. The molecule has 0 radical (unpaired) electrons. The number of hydrogen-bond acceptors (Lipinski definition) is 7. The van der Waals surface area contributed by atoms with Crippen molar-refractivity contribution in [1.82, 2.24) is 4.98 Å². The molecule has 32 heavy (non-hydrogen) atoms. The Labute approximate surface area is 181 Å². The molecule has 4 aliphatic rings. The highest BCUT2D eigenvalue weighted by Gasteiger charge is 2.48. The Hall–Kier alpha value is -3.88. The van der Waals surface area contributed by atoms with Gasteiger partial charge in [0.15, 0.2) is 17.4 Å². The first kappa shape index (κ1) is 18.9. The molecule has 0 bridgehead atoms. The predicted molar refractivity (Wildman–Crippen MR) is 114 cm³/mol. The molecular formula is C23H16FN5O3. The minimum Gasteiger partial charge on any atom is -0.450 e. The summed E-state index contributed by atoms with van der Waals surface area (Å²) in [7, 11) is 0. The first-order chi connectivity index (χ1) is 15.5. The van der Waals surface area contributed by atoms with Gasteiger partial charge in [-0.1, -0.05) is 0 Å². The number of esters is 1. The number of aliphatic imine (C=N–C) groups is 4. The number of halogens is 1. The van der Waals surface area contributed by atoms with Crippen molar-refractivity contribution in [2.45, 2.75) is 31.3 Å². The van der Waals surface area contributed by atoms with Gasteiger partial charge in [-0.15, -0.1) is 0 Å². The fraction of sp³-hybridized carbons (Fsp3) is 0.261. The average Bonchev–Trinajstić information content (AvgIpc) is 3.35. The Balaban J connectivity index is 1.23. The van der Waals surface area contributed by atoms with Crippen LogP contribution < -0.4 is 0 Å². The minimum absolute atomic E-state index is 0.0166. The maximum absolute atomic E-state index is 13.2. The summed E-state index contributed by atoms with van der Waals surface area (Å²) in [6.45, 7) is 0. The van der Waals surface area contributed by atoms with E-state index in [0.717, 1.165) is 5.56 Å². The monoisotopic (exact) mass is 429 g/mol. The van der Waals surface area contributed by atoms with E-state index in [9.17, 15) is 14.0 Å². The normalized spacial score (nSPS) is 26.1. The number of nitrogens with zero attached hydrogens (tertiary/aromatic N) is 5. The molecule has 0 atom stereocenters. The van der Waals surface area contributed by atoms with E-state index < -0.39 is 11.5 Å². The van der Waals surface area contributed by atoms with Crippen LogP contribution in [0.2, 0.25) is 0 Å². The van der Waals surface area contributed by atoms with E-state index in [2.05, 4.69) is 25.0 Å². The van der Waals surface area contributed by atoms with Crippen LogP contribution in [-0.2, 0) is 15.1 Å². The molecule has 1 aliphatic carbocycles. The smallest absolute Gasteiger partial charge is 0.339 e. The molecule has 3 aliphatic heterocycles. The molecular weight excluding hydrogens is 413 g/mol. The van der Waals surface area contributed by atoms with Gasteiger partial charge in [-0.05, 0) is 56.0 Å². The molecule has 1 fully saturated rings. The minimum atomic E-state index is -0.650. The SMILES string of the molecule is O=C1N=C(c2ccc(F)cc2)N=C2N=C([C@H]3CC[C@@]4(CC3)OC(=O)c3ccncc34)N=C12. The van der Waals surface area contributed by atoms with Crippen LogP contribution in [0.1, 0.15) is 47.2 Å². The van der Waals surface area contributed by atoms with Crippen LogP contribution in [0, 0.1) is 11.7 Å².